The number of amides is 1. The molecule has 1 atom stereocenters. The van der Waals surface area contributed by atoms with Crippen LogP contribution < -0.4 is 0 Å². The predicted molar refractivity (Wildman–Crippen MR) is 80.9 cm³/mol. The SMILES string of the molecule is Cc1ccc(C(=O)C(C)SCC(=O)N(C)C)cc1C. The number of carbonyl (C=O) groups is 2. The molecule has 1 unspecified atom stereocenters. The van der Waals surface area contributed by atoms with Crippen LogP contribution in [0.15, 0.2) is 18.2 Å². The standard InChI is InChI=1S/C15H21NO2S/c1-10-6-7-13(8-11(10)2)15(18)12(3)19-9-14(17)16(4)5/h6-8,12H,9H2,1-5H3. The fourth-order valence-corrected chi connectivity index (χ4v) is 2.47. The summed E-state index contributed by atoms with van der Waals surface area (Å²) in [6, 6.07) is 5.74. The summed E-state index contributed by atoms with van der Waals surface area (Å²) in [7, 11) is 3.44. The highest BCUT2D eigenvalue weighted by Crippen LogP contribution is 2.18. The van der Waals surface area contributed by atoms with Gasteiger partial charge in [0.1, 0.15) is 0 Å². The second-order valence-corrected chi connectivity index (χ2v) is 6.23. The summed E-state index contributed by atoms with van der Waals surface area (Å²) in [5, 5.41) is -0.203. The summed E-state index contributed by atoms with van der Waals surface area (Å²) in [5.41, 5.74) is 3.02. The summed E-state index contributed by atoms with van der Waals surface area (Å²) in [5.74, 6) is 0.453. The van der Waals surface area contributed by atoms with Crippen molar-refractivity contribution in [1.29, 1.82) is 0 Å². The monoisotopic (exact) mass is 279 g/mol. The van der Waals surface area contributed by atoms with E-state index < -0.39 is 0 Å². The van der Waals surface area contributed by atoms with E-state index in [1.807, 2.05) is 39.0 Å². The van der Waals surface area contributed by atoms with E-state index in [9.17, 15) is 9.59 Å². The number of carbonyl (C=O) groups excluding carboxylic acids is 2. The number of benzene rings is 1. The number of hydrogen-bond donors (Lipinski definition) is 0. The van der Waals surface area contributed by atoms with E-state index in [0.717, 1.165) is 11.1 Å². The Bertz CT molecular complexity index is 483. The van der Waals surface area contributed by atoms with Crippen LogP contribution >= 0.6 is 11.8 Å². The molecule has 0 aliphatic rings. The molecule has 0 fully saturated rings. The Morgan fingerprint density at radius 3 is 2.37 bits per heavy atom. The molecule has 1 aromatic rings. The zero-order valence-electron chi connectivity index (χ0n) is 12.2. The Balaban J connectivity index is 2.66. The van der Waals surface area contributed by atoms with Crippen LogP contribution in [0.5, 0.6) is 0 Å². The number of hydrogen-bond acceptors (Lipinski definition) is 3. The number of nitrogens with zero attached hydrogens (tertiary/aromatic N) is 1. The van der Waals surface area contributed by atoms with Crippen molar-refractivity contribution in [2.75, 3.05) is 19.8 Å². The third kappa shape index (κ3) is 4.39. The molecule has 0 spiro atoms. The van der Waals surface area contributed by atoms with E-state index in [0.29, 0.717) is 5.75 Å². The minimum absolute atomic E-state index is 0.0322. The van der Waals surface area contributed by atoms with Crippen molar-refractivity contribution in [3.05, 3.63) is 34.9 Å². The zero-order chi connectivity index (χ0) is 14.6. The number of rotatable bonds is 5. The molecule has 4 heteroatoms. The molecule has 104 valence electrons. The van der Waals surface area contributed by atoms with Gasteiger partial charge < -0.3 is 4.90 Å². The minimum Gasteiger partial charge on any atom is -0.348 e. The van der Waals surface area contributed by atoms with E-state index in [1.165, 1.54) is 17.3 Å². The topological polar surface area (TPSA) is 37.4 Å². The van der Waals surface area contributed by atoms with Crippen LogP contribution in [-0.4, -0.2) is 41.7 Å². The maximum atomic E-state index is 12.2. The Hall–Kier alpha value is -1.29. The van der Waals surface area contributed by atoms with Gasteiger partial charge in [-0.2, -0.15) is 0 Å². The van der Waals surface area contributed by atoms with Crippen LogP contribution in [0.1, 0.15) is 28.4 Å². The Labute approximate surface area is 119 Å². The van der Waals surface area contributed by atoms with Crippen LogP contribution in [0.3, 0.4) is 0 Å². The van der Waals surface area contributed by atoms with E-state index in [1.54, 1.807) is 19.0 Å². The van der Waals surface area contributed by atoms with E-state index in [-0.39, 0.29) is 16.9 Å². The maximum absolute atomic E-state index is 12.2. The molecule has 0 aromatic heterocycles. The van der Waals surface area contributed by atoms with Crippen molar-refractivity contribution in [3.8, 4) is 0 Å². The van der Waals surface area contributed by atoms with Gasteiger partial charge in [-0.3, -0.25) is 9.59 Å². The first kappa shape index (κ1) is 15.8. The van der Waals surface area contributed by atoms with E-state index in [4.69, 9.17) is 0 Å². The highest BCUT2D eigenvalue weighted by Gasteiger charge is 2.17. The second-order valence-electron chi connectivity index (χ2n) is 4.90. The van der Waals surface area contributed by atoms with Crippen molar-refractivity contribution >= 4 is 23.5 Å². The molecule has 1 rings (SSSR count). The van der Waals surface area contributed by atoms with Crippen LogP contribution in [0.25, 0.3) is 0 Å². The van der Waals surface area contributed by atoms with Gasteiger partial charge >= 0.3 is 0 Å². The average Bonchev–Trinajstić information content (AvgIpc) is 2.37. The van der Waals surface area contributed by atoms with Gasteiger partial charge in [-0.1, -0.05) is 12.1 Å². The smallest absolute Gasteiger partial charge is 0.232 e. The molecule has 3 nitrogen and oxygen atoms in total. The number of aryl methyl sites for hydroxylation is 2. The van der Waals surface area contributed by atoms with Gasteiger partial charge in [0, 0.05) is 19.7 Å². The number of ketones is 1. The van der Waals surface area contributed by atoms with Crippen molar-refractivity contribution in [3.63, 3.8) is 0 Å². The molecule has 19 heavy (non-hydrogen) atoms. The molecule has 0 radical (unpaired) electrons. The van der Waals surface area contributed by atoms with E-state index >= 15 is 0 Å². The lowest BCUT2D eigenvalue weighted by Gasteiger charge is -2.13. The van der Waals surface area contributed by atoms with Crippen molar-refractivity contribution in [1.82, 2.24) is 4.90 Å². The van der Waals surface area contributed by atoms with Gasteiger partial charge in [0.2, 0.25) is 5.91 Å². The van der Waals surface area contributed by atoms with Crippen molar-refractivity contribution in [2.24, 2.45) is 0 Å². The molecule has 0 aliphatic heterocycles. The largest absolute Gasteiger partial charge is 0.348 e. The Kier molecular flexibility index (Phi) is 5.60. The average molecular weight is 279 g/mol. The lowest BCUT2D eigenvalue weighted by atomic mass is 10.0. The second kappa shape index (κ2) is 6.75. The maximum Gasteiger partial charge on any atom is 0.232 e. The fraction of sp³-hybridized carbons (Fsp3) is 0.467. The van der Waals surface area contributed by atoms with Crippen LogP contribution in [0.2, 0.25) is 0 Å². The highest BCUT2D eigenvalue weighted by molar-refractivity contribution is 8.01. The number of Topliss-reactive ketones (excluding diaryl/α,β-unsaturated/α-hetero) is 1. The first-order chi connectivity index (χ1) is 8.82. The van der Waals surface area contributed by atoms with Gasteiger partial charge in [-0.15, -0.1) is 11.8 Å². The molecule has 1 amide bonds. The predicted octanol–water partition coefficient (Wildman–Crippen LogP) is 2.70. The molecular formula is C15H21NO2S. The van der Waals surface area contributed by atoms with Gasteiger partial charge in [-0.25, -0.2) is 0 Å². The van der Waals surface area contributed by atoms with Gasteiger partial charge in [0.15, 0.2) is 5.78 Å². The normalized spacial score (nSPS) is 12.1. The van der Waals surface area contributed by atoms with Crippen molar-refractivity contribution in [2.45, 2.75) is 26.0 Å². The molecule has 0 heterocycles. The first-order valence-corrected chi connectivity index (χ1v) is 7.31. The molecule has 0 saturated heterocycles. The molecule has 0 aliphatic carbocycles. The van der Waals surface area contributed by atoms with Crippen LogP contribution in [0.4, 0.5) is 0 Å². The van der Waals surface area contributed by atoms with Crippen LogP contribution in [-0.2, 0) is 4.79 Å². The third-order valence-electron chi connectivity index (χ3n) is 3.12. The summed E-state index contributed by atoms with van der Waals surface area (Å²) in [4.78, 5) is 25.3. The first-order valence-electron chi connectivity index (χ1n) is 6.26. The summed E-state index contributed by atoms with van der Waals surface area (Å²) in [6.45, 7) is 5.88. The van der Waals surface area contributed by atoms with Gasteiger partial charge in [0.05, 0.1) is 11.0 Å². The third-order valence-corrected chi connectivity index (χ3v) is 4.24. The minimum atomic E-state index is -0.203. The summed E-state index contributed by atoms with van der Waals surface area (Å²) >= 11 is 1.39. The van der Waals surface area contributed by atoms with Gasteiger partial charge in [0.25, 0.3) is 0 Å². The lowest BCUT2D eigenvalue weighted by Crippen LogP contribution is -2.25. The highest BCUT2D eigenvalue weighted by atomic mass is 32.2. The summed E-state index contributed by atoms with van der Waals surface area (Å²) in [6.07, 6.45) is 0. The molecular weight excluding hydrogens is 258 g/mol. The fourth-order valence-electron chi connectivity index (χ4n) is 1.53. The molecule has 0 bridgehead atoms. The van der Waals surface area contributed by atoms with E-state index in [2.05, 4.69) is 0 Å². The number of thioether (sulfide) groups is 1. The molecule has 0 saturated carbocycles. The summed E-state index contributed by atoms with van der Waals surface area (Å²) < 4.78 is 0. The quantitative estimate of drug-likeness (QED) is 0.778. The van der Waals surface area contributed by atoms with Crippen LogP contribution in [0, 0.1) is 13.8 Å². The lowest BCUT2D eigenvalue weighted by molar-refractivity contribution is -0.125. The van der Waals surface area contributed by atoms with Gasteiger partial charge in [-0.05, 0) is 38.0 Å². The zero-order valence-corrected chi connectivity index (χ0v) is 13.0. The Morgan fingerprint density at radius 2 is 1.84 bits per heavy atom. The van der Waals surface area contributed by atoms with Crippen molar-refractivity contribution < 1.29 is 9.59 Å². The Morgan fingerprint density at radius 1 is 1.21 bits per heavy atom. The molecule has 0 N–H and O–H groups in total. The molecule has 1 aromatic carbocycles.